The van der Waals surface area contributed by atoms with Crippen molar-refractivity contribution in [3.05, 3.63) is 0 Å². The average molecular weight is 501 g/mol. The van der Waals surface area contributed by atoms with Crippen molar-refractivity contribution in [3.63, 3.8) is 0 Å². The van der Waals surface area contributed by atoms with Gasteiger partial charge in [-0.2, -0.15) is 0 Å². The Morgan fingerprint density at radius 1 is 0.424 bits per heavy atom. The molecule has 0 fully saturated rings. The fourth-order valence-electron chi connectivity index (χ4n) is 3.24. The van der Waals surface area contributed by atoms with Gasteiger partial charge in [0.15, 0.2) is 12.6 Å². The molecule has 33 heavy (non-hydrogen) atoms. The lowest BCUT2D eigenvalue weighted by molar-refractivity contribution is -0.147. The lowest BCUT2D eigenvalue weighted by atomic mass is 10.3. The van der Waals surface area contributed by atoms with Gasteiger partial charge in [-0.1, -0.05) is 96.8 Å². The summed E-state index contributed by atoms with van der Waals surface area (Å²) in [7, 11) is 2.19. The molecule has 0 saturated heterocycles. The maximum atomic E-state index is 5.95. The van der Waals surface area contributed by atoms with E-state index in [1.165, 1.54) is 69.1 Å². The number of ether oxygens (including phenoxy) is 4. The molecular weight excluding hydrogens is 444 g/mol. The minimum atomic E-state index is 0.0233. The van der Waals surface area contributed by atoms with E-state index in [-0.39, 0.29) is 12.6 Å². The molecule has 0 spiro atoms. The largest absolute Gasteiger partial charge is 0.353 e. The third-order valence-corrected chi connectivity index (χ3v) is 8.33. The SMILES string of the molecule is CCCCOC(CCC[Si]CCC[Si]CCCC(OCCCC)OCCCC)OCCCC. The number of unbranched alkanes of at least 4 members (excludes halogenated alkanes) is 4. The van der Waals surface area contributed by atoms with Gasteiger partial charge in [0.05, 0.1) is 0 Å². The maximum Gasteiger partial charge on any atom is 0.157 e. The van der Waals surface area contributed by atoms with Crippen LogP contribution in [-0.4, -0.2) is 58.0 Å². The van der Waals surface area contributed by atoms with Crippen molar-refractivity contribution in [2.45, 2.75) is 148 Å². The van der Waals surface area contributed by atoms with Crippen LogP contribution in [0.15, 0.2) is 0 Å². The molecule has 0 aliphatic heterocycles. The molecule has 0 atom stereocenters. The van der Waals surface area contributed by atoms with E-state index in [1.807, 2.05) is 0 Å². The Balaban J connectivity index is 3.66. The van der Waals surface area contributed by atoms with E-state index >= 15 is 0 Å². The molecule has 0 amide bonds. The van der Waals surface area contributed by atoms with Gasteiger partial charge in [-0.3, -0.25) is 0 Å². The van der Waals surface area contributed by atoms with Gasteiger partial charge >= 0.3 is 0 Å². The van der Waals surface area contributed by atoms with Gasteiger partial charge in [-0.25, -0.2) is 0 Å². The minimum Gasteiger partial charge on any atom is -0.353 e. The highest BCUT2D eigenvalue weighted by Gasteiger charge is 2.10. The predicted octanol–water partition coefficient (Wildman–Crippen LogP) is 7.94. The second-order valence-electron chi connectivity index (χ2n) is 8.89. The molecule has 4 nitrogen and oxygen atoms in total. The molecule has 0 aromatic heterocycles. The van der Waals surface area contributed by atoms with Crippen molar-refractivity contribution >= 4 is 19.0 Å². The molecule has 6 heteroatoms. The van der Waals surface area contributed by atoms with Crippen LogP contribution in [0.4, 0.5) is 0 Å². The summed E-state index contributed by atoms with van der Waals surface area (Å²) in [5.74, 6) is 0. The summed E-state index contributed by atoms with van der Waals surface area (Å²) < 4.78 is 23.8. The van der Waals surface area contributed by atoms with E-state index in [0.717, 1.165) is 84.0 Å². The molecule has 0 aliphatic rings. The summed E-state index contributed by atoms with van der Waals surface area (Å²) in [6.07, 6.45) is 15.3. The van der Waals surface area contributed by atoms with Gasteiger partial charge in [-0.05, 0) is 38.5 Å². The van der Waals surface area contributed by atoms with E-state index in [9.17, 15) is 0 Å². The molecule has 0 saturated carbocycles. The van der Waals surface area contributed by atoms with E-state index < -0.39 is 0 Å². The lowest BCUT2D eigenvalue weighted by Gasteiger charge is -2.18. The Morgan fingerprint density at radius 3 is 1.03 bits per heavy atom. The molecule has 196 valence electrons. The van der Waals surface area contributed by atoms with Crippen molar-refractivity contribution in [1.82, 2.24) is 0 Å². The molecule has 0 aromatic rings. The molecule has 0 aromatic carbocycles. The van der Waals surface area contributed by atoms with Crippen LogP contribution in [0.25, 0.3) is 0 Å². The molecule has 0 unspecified atom stereocenters. The summed E-state index contributed by atoms with van der Waals surface area (Å²) in [4.78, 5) is 0. The highest BCUT2D eigenvalue weighted by molar-refractivity contribution is 6.37. The molecule has 0 aliphatic carbocycles. The van der Waals surface area contributed by atoms with Crippen molar-refractivity contribution < 1.29 is 18.9 Å². The van der Waals surface area contributed by atoms with Gasteiger partial charge in [0, 0.05) is 45.5 Å². The molecule has 0 N–H and O–H groups in total. The summed E-state index contributed by atoms with van der Waals surface area (Å²) in [6, 6.07) is 5.46. The van der Waals surface area contributed by atoms with Crippen molar-refractivity contribution in [2.75, 3.05) is 26.4 Å². The summed E-state index contributed by atoms with van der Waals surface area (Å²) in [6.45, 7) is 12.2. The zero-order valence-corrected chi connectivity index (χ0v) is 24.6. The smallest absolute Gasteiger partial charge is 0.157 e. The standard InChI is InChI=1S/C27H56O4Si2/c1-5-9-18-28-26(29-19-10-6-2)16-13-22-32-24-15-25-33-23-14-17-27(30-20-11-7-3)31-21-12-8-4/h26-27H,5-25H2,1-4H3. The second kappa shape index (κ2) is 28.5. The predicted molar refractivity (Wildman–Crippen MR) is 145 cm³/mol. The second-order valence-corrected chi connectivity index (χ2v) is 11.9. The Kier molecular flexibility index (Phi) is 28.7. The molecule has 0 heterocycles. The maximum absolute atomic E-state index is 5.95. The first kappa shape index (κ1) is 33.3. The molecule has 0 rings (SSSR count). The highest BCUT2D eigenvalue weighted by atomic mass is 28.2. The highest BCUT2D eigenvalue weighted by Crippen LogP contribution is 2.12. The van der Waals surface area contributed by atoms with Gasteiger partial charge in [-0.15, -0.1) is 0 Å². The van der Waals surface area contributed by atoms with Crippen LogP contribution >= 0.6 is 0 Å². The Hall–Kier alpha value is 0.274. The first-order valence-electron chi connectivity index (χ1n) is 14.2. The van der Waals surface area contributed by atoms with Crippen molar-refractivity contribution in [1.29, 1.82) is 0 Å². The number of rotatable bonds is 28. The molecule has 0 bridgehead atoms. The number of hydrogen-bond donors (Lipinski definition) is 0. The first-order chi connectivity index (χ1) is 16.3. The van der Waals surface area contributed by atoms with Crippen LogP contribution in [-0.2, 0) is 18.9 Å². The van der Waals surface area contributed by atoms with Crippen LogP contribution < -0.4 is 0 Å². The first-order valence-corrected chi connectivity index (χ1v) is 17.0. The minimum absolute atomic E-state index is 0.0233. The third-order valence-electron chi connectivity index (χ3n) is 5.50. The zero-order valence-electron chi connectivity index (χ0n) is 22.6. The van der Waals surface area contributed by atoms with Gasteiger partial charge in [0.2, 0.25) is 0 Å². The van der Waals surface area contributed by atoms with Crippen LogP contribution in [0.3, 0.4) is 0 Å². The third kappa shape index (κ3) is 25.2. The van der Waals surface area contributed by atoms with Gasteiger partial charge < -0.3 is 18.9 Å². The van der Waals surface area contributed by atoms with Crippen LogP contribution in [0.5, 0.6) is 0 Å². The van der Waals surface area contributed by atoms with Gasteiger partial charge in [0.25, 0.3) is 0 Å². The Labute approximate surface area is 212 Å². The van der Waals surface area contributed by atoms with Crippen LogP contribution in [0.2, 0.25) is 24.2 Å². The molecule has 4 radical (unpaired) electrons. The topological polar surface area (TPSA) is 36.9 Å². The zero-order chi connectivity index (χ0) is 24.2. The van der Waals surface area contributed by atoms with Crippen LogP contribution in [0, 0.1) is 0 Å². The quantitative estimate of drug-likeness (QED) is 0.0620. The summed E-state index contributed by atoms with van der Waals surface area (Å²) in [5, 5.41) is 0. The van der Waals surface area contributed by atoms with Gasteiger partial charge in [0.1, 0.15) is 0 Å². The Morgan fingerprint density at radius 2 is 0.727 bits per heavy atom. The van der Waals surface area contributed by atoms with Crippen molar-refractivity contribution in [2.24, 2.45) is 0 Å². The molecular formula is C27H56O4Si2. The fourth-order valence-corrected chi connectivity index (χ4v) is 5.86. The number of hydrogen-bond acceptors (Lipinski definition) is 4. The fraction of sp³-hybridized carbons (Fsp3) is 1.00. The normalized spacial score (nSPS) is 11.8. The lowest BCUT2D eigenvalue weighted by Crippen LogP contribution is -2.19. The van der Waals surface area contributed by atoms with Crippen molar-refractivity contribution in [3.8, 4) is 0 Å². The van der Waals surface area contributed by atoms with E-state index in [2.05, 4.69) is 27.7 Å². The monoisotopic (exact) mass is 500 g/mol. The summed E-state index contributed by atoms with van der Waals surface area (Å²) >= 11 is 0. The van der Waals surface area contributed by atoms with E-state index in [1.54, 1.807) is 0 Å². The van der Waals surface area contributed by atoms with E-state index in [0.29, 0.717) is 0 Å². The van der Waals surface area contributed by atoms with Crippen LogP contribution in [0.1, 0.15) is 111 Å². The average Bonchev–Trinajstić information content (AvgIpc) is 2.82. The Bertz CT molecular complexity index is 309. The van der Waals surface area contributed by atoms with E-state index in [4.69, 9.17) is 18.9 Å². The summed E-state index contributed by atoms with van der Waals surface area (Å²) in [5.41, 5.74) is 0.